The lowest BCUT2D eigenvalue weighted by Gasteiger charge is -2.22. The number of para-hydroxylation sites is 1. The van der Waals surface area contributed by atoms with Gasteiger partial charge in [0.1, 0.15) is 5.78 Å². The lowest BCUT2D eigenvalue weighted by Crippen LogP contribution is -2.35. The Labute approximate surface area is 107 Å². The van der Waals surface area contributed by atoms with E-state index in [0.717, 1.165) is 13.1 Å². The summed E-state index contributed by atoms with van der Waals surface area (Å²) in [7, 11) is 2.07. The van der Waals surface area contributed by atoms with E-state index < -0.39 is 0 Å². The number of hydrogen-bond donors (Lipinski definition) is 1. The van der Waals surface area contributed by atoms with Gasteiger partial charge in [-0.3, -0.25) is 4.79 Å². The molecule has 2 heterocycles. The lowest BCUT2D eigenvalue weighted by atomic mass is 9.88. The van der Waals surface area contributed by atoms with Crippen LogP contribution in [-0.4, -0.2) is 23.4 Å². The van der Waals surface area contributed by atoms with E-state index in [-0.39, 0.29) is 5.92 Å². The van der Waals surface area contributed by atoms with Gasteiger partial charge in [0.25, 0.3) is 0 Å². The highest BCUT2D eigenvalue weighted by Crippen LogP contribution is 2.32. The first-order valence-corrected chi connectivity index (χ1v) is 6.47. The number of nitrogens with one attached hydrogen (secondary N) is 1. The molecule has 0 amide bonds. The minimum atomic E-state index is 0.0184. The predicted octanol–water partition coefficient (Wildman–Crippen LogP) is 2.13. The molecule has 3 heteroatoms. The lowest BCUT2D eigenvalue weighted by molar-refractivity contribution is -0.121. The number of carbonyl (C=O) groups excluding carboxylic acids is 1. The maximum Gasteiger partial charge on any atom is 0.142 e. The summed E-state index contributed by atoms with van der Waals surface area (Å²) < 4.78 is 2.19. The first-order valence-electron chi connectivity index (χ1n) is 6.47. The highest BCUT2D eigenvalue weighted by molar-refractivity contribution is 5.95. The van der Waals surface area contributed by atoms with Crippen LogP contribution in [0.1, 0.15) is 23.6 Å². The van der Waals surface area contributed by atoms with Gasteiger partial charge in [-0.2, -0.15) is 0 Å². The molecule has 0 aliphatic carbocycles. The van der Waals surface area contributed by atoms with E-state index in [2.05, 4.69) is 36.0 Å². The molecule has 2 aromatic rings. The molecule has 1 N–H and O–H groups in total. The summed E-state index contributed by atoms with van der Waals surface area (Å²) >= 11 is 0. The van der Waals surface area contributed by atoms with Crippen LogP contribution in [0.25, 0.3) is 10.9 Å². The minimum absolute atomic E-state index is 0.0184. The van der Waals surface area contributed by atoms with Gasteiger partial charge in [-0.15, -0.1) is 0 Å². The standard InChI is InChI=1S/C15H18N2O/c1-10-15(12-9-16-8-7-14(12)18)11-5-3-4-6-13(11)17(10)2/h3-6,12,16H,7-9H2,1-2H3. The highest BCUT2D eigenvalue weighted by Gasteiger charge is 2.28. The van der Waals surface area contributed by atoms with Gasteiger partial charge in [0, 0.05) is 43.2 Å². The van der Waals surface area contributed by atoms with Crippen molar-refractivity contribution in [3.05, 3.63) is 35.5 Å². The van der Waals surface area contributed by atoms with Gasteiger partial charge in [0.15, 0.2) is 0 Å². The first kappa shape index (κ1) is 11.5. The van der Waals surface area contributed by atoms with Crippen molar-refractivity contribution in [1.29, 1.82) is 0 Å². The zero-order valence-electron chi connectivity index (χ0n) is 10.9. The fourth-order valence-corrected chi connectivity index (χ4v) is 3.00. The third-order valence-electron chi connectivity index (χ3n) is 4.08. The van der Waals surface area contributed by atoms with Crippen molar-refractivity contribution in [2.24, 2.45) is 7.05 Å². The number of ketones is 1. The number of carbonyl (C=O) groups is 1. The number of fused-ring (bicyclic) bond motifs is 1. The Morgan fingerprint density at radius 1 is 1.33 bits per heavy atom. The molecule has 94 valence electrons. The minimum Gasteiger partial charge on any atom is -0.348 e. The number of rotatable bonds is 1. The van der Waals surface area contributed by atoms with Crippen LogP contribution in [0.4, 0.5) is 0 Å². The SMILES string of the molecule is Cc1c(C2CNCCC2=O)c2ccccc2n1C. The molecule has 0 bridgehead atoms. The van der Waals surface area contributed by atoms with Crippen molar-refractivity contribution in [2.45, 2.75) is 19.3 Å². The molecular formula is C15H18N2O. The van der Waals surface area contributed by atoms with Crippen molar-refractivity contribution >= 4 is 16.7 Å². The maximum absolute atomic E-state index is 12.2. The second-order valence-corrected chi connectivity index (χ2v) is 5.05. The number of piperidine rings is 1. The molecule has 1 aliphatic rings. The maximum atomic E-state index is 12.2. The summed E-state index contributed by atoms with van der Waals surface area (Å²) in [4.78, 5) is 12.2. The van der Waals surface area contributed by atoms with E-state index in [0.29, 0.717) is 12.2 Å². The zero-order chi connectivity index (χ0) is 12.7. The van der Waals surface area contributed by atoms with E-state index in [9.17, 15) is 4.79 Å². The van der Waals surface area contributed by atoms with E-state index in [4.69, 9.17) is 0 Å². The Bertz CT molecular complexity index is 612. The molecule has 18 heavy (non-hydrogen) atoms. The van der Waals surface area contributed by atoms with E-state index in [1.165, 1.54) is 22.2 Å². The van der Waals surface area contributed by atoms with Crippen LogP contribution in [-0.2, 0) is 11.8 Å². The molecule has 1 atom stereocenters. The van der Waals surface area contributed by atoms with E-state index in [1.54, 1.807) is 0 Å². The van der Waals surface area contributed by atoms with Crippen molar-refractivity contribution in [3.8, 4) is 0 Å². The quantitative estimate of drug-likeness (QED) is 0.831. The summed E-state index contributed by atoms with van der Waals surface area (Å²) in [6.45, 7) is 3.70. The molecule has 0 saturated carbocycles. The van der Waals surface area contributed by atoms with Crippen LogP contribution in [0.2, 0.25) is 0 Å². The van der Waals surface area contributed by atoms with Gasteiger partial charge in [-0.1, -0.05) is 18.2 Å². The second kappa shape index (κ2) is 4.25. The monoisotopic (exact) mass is 242 g/mol. The third kappa shape index (κ3) is 1.58. The Kier molecular flexibility index (Phi) is 2.71. The van der Waals surface area contributed by atoms with Crippen LogP contribution in [0.3, 0.4) is 0 Å². The molecule has 1 saturated heterocycles. The topological polar surface area (TPSA) is 34.0 Å². The summed E-state index contributed by atoms with van der Waals surface area (Å²) in [5, 5.41) is 4.56. The fraction of sp³-hybridized carbons (Fsp3) is 0.400. The Morgan fingerprint density at radius 3 is 2.89 bits per heavy atom. The van der Waals surface area contributed by atoms with Gasteiger partial charge in [-0.05, 0) is 18.6 Å². The van der Waals surface area contributed by atoms with Gasteiger partial charge in [0.2, 0.25) is 0 Å². The van der Waals surface area contributed by atoms with Crippen LogP contribution in [0, 0.1) is 6.92 Å². The molecule has 1 aromatic heterocycles. The summed E-state index contributed by atoms with van der Waals surface area (Å²) in [6, 6.07) is 8.34. The van der Waals surface area contributed by atoms with Crippen LogP contribution in [0.15, 0.2) is 24.3 Å². The highest BCUT2D eigenvalue weighted by atomic mass is 16.1. The van der Waals surface area contributed by atoms with Crippen LogP contribution >= 0.6 is 0 Å². The normalized spacial score (nSPS) is 20.6. The smallest absolute Gasteiger partial charge is 0.142 e. The third-order valence-corrected chi connectivity index (χ3v) is 4.08. The van der Waals surface area contributed by atoms with Gasteiger partial charge in [-0.25, -0.2) is 0 Å². The summed E-state index contributed by atoms with van der Waals surface area (Å²) in [6.07, 6.45) is 0.646. The largest absolute Gasteiger partial charge is 0.348 e. The number of benzene rings is 1. The second-order valence-electron chi connectivity index (χ2n) is 5.05. The Morgan fingerprint density at radius 2 is 2.11 bits per heavy atom. The molecule has 1 aliphatic heterocycles. The van der Waals surface area contributed by atoms with Gasteiger partial charge in [0.05, 0.1) is 5.92 Å². The molecule has 0 radical (unpaired) electrons. The van der Waals surface area contributed by atoms with Crippen molar-refractivity contribution in [3.63, 3.8) is 0 Å². The number of nitrogens with zero attached hydrogens (tertiary/aromatic N) is 1. The molecule has 1 fully saturated rings. The van der Waals surface area contributed by atoms with E-state index in [1.807, 2.05) is 12.1 Å². The average Bonchev–Trinajstić information content (AvgIpc) is 2.64. The summed E-state index contributed by atoms with van der Waals surface area (Å²) in [5.41, 5.74) is 3.63. The average molecular weight is 242 g/mol. The summed E-state index contributed by atoms with van der Waals surface area (Å²) in [5.74, 6) is 0.387. The Hall–Kier alpha value is -1.61. The number of aryl methyl sites for hydroxylation is 1. The number of hydrogen-bond acceptors (Lipinski definition) is 2. The molecule has 3 nitrogen and oxygen atoms in total. The fourth-order valence-electron chi connectivity index (χ4n) is 3.00. The van der Waals surface area contributed by atoms with Crippen LogP contribution < -0.4 is 5.32 Å². The van der Waals surface area contributed by atoms with Crippen LogP contribution in [0.5, 0.6) is 0 Å². The molecule has 0 spiro atoms. The first-order chi connectivity index (χ1) is 8.70. The van der Waals surface area contributed by atoms with Crippen molar-refractivity contribution < 1.29 is 4.79 Å². The van der Waals surface area contributed by atoms with E-state index >= 15 is 0 Å². The zero-order valence-corrected chi connectivity index (χ0v) is 10.9. The number of Topliss-reactive ketones (excluding diaryl/α,β-unsaturated/α-hetero) is 1. The van der Waals surface area contributed by atoms with Gasteiger partial charge >= 0.3 is 0 Å². The molecular weight excluding hydrogens is 224 g/mol. The Balaban J connectivity index is 2.22. The molecule has 1 unspecified atom stereocenters. The number of aromatic nitrogens is 1. The molecule has 3 rings (SSSR count). The van der Waals surface area contributed by atoms with Crippen molar-refractivity contribution in [1.82, 2.24) is 9.88 Å². The van der Waals surface area contributed by atoms with Gasteiger partial charge < -0.3 is 9.88 Å². The molecule has 1 aromatic carbocycles. The predicted molar refractivity (Wildman–Crippen MR) is 72.9 cm³/mol. The van der Waals surface area contributed by atoms with Crippen molar-refractivity contribution in [2.75, 3.05) is 13.1 Å².